The van der Waals surface area contributed by atoms with Gasteiger partial charge in [0.25, 0.3) is 5.91 Å². The van der Waals surface area contributed by atoms with Gasteiger partial charge in [-0.05, 0) is 55.7 Å². The van der Waals surface area contributed by atoms with Crippen LogP contribution in [0, 0.1) is 29.4 Å². The maximum absolute atomic E-state index is 14.5. The van der Waals surface area contributed by atoms with E-state index in [4.69, 9.17) is 14.7 Å². The number of rotatable bonds is 6. The van der Waals surface area contributed by atoms with Crippen LogP contribution in [0.3, 0.4) is 0 Å². The number of carboxylic acid groups (broad SMARTS) is 1. The Morgan fingerprint density at radius 2 is 1.70 bits per heavy atom. The van der Waals surface area contributed by atoms with Crippen molar-refractivity contribution >= 4 is 28.6 Å². The number of fused-ring (bicyclic) bond motifs is 4. The third-order valence-corrected chi connectivity index (χ3v) is 9.22. The van der Waals surface area contributed by atoms with Gasteiger partial charge in [0.1, 0.15) is 17.5 Å². The Hall–Kier alpha value is -4.38. The molecule has 3 aliphatic carbocycles. The summed E-state index contributed by atoms with van der Waals surface area (Å²) in [5, 5.41) is 13.8. The van der Waals surface area contributed by atoms with Crippen LogP contribution in [0.2, 0.25) is 0 Å². The summed E-state index contributed by atoms with van der Waals surface area (Å²) < 4.78 is 34.1. The first kappa shape index (κ1) is 27.5. The zero-order valence-electron chi connectivity index (χ0n) is 23.4. The molecule has 222 valence electrons. The van der Waals surface area contributed by atoms with E-state index in [0.717, 1.165) is 31.7 Å². The molecule has 2 aromatic carbocycles. The van der Waals surface area contributed by atoms with Gasteiger partial charge in [-0.15, -0.1) is 0 Å². The first-order valence-electron chi connectivity index (χ1n) is 14.7. The van der Waals surface area contributed by atoms with Crippen LogP contribution in [0.5, 0.6) is 0 Å². The van der Waals surface area contributed by atoms with Gasteiger partial charge in [0.2, 0.25) is 0 Å². The van der Waals surface area contributed by atoms with Gasteiger partial charge in [0, 0.05) is 59.5 Å². The van der Waals surface area contributed by atoms with Crippen molar-refractivity contribution in [1.29, 1.82) is 0 Å². The van der Waals surface area contributed by atoms with Gasteiger partial charge in [0.15, 0.2) is 5.82 Å². The second-order valence-electron chi connectivity index (χ2n) is 11.7. The van der Waals surface area contributed by atoms with Crippen molar-refractivity contribution in [2.24, 2.45) is 17.8 Å². The Balaban J connectivity index is 1.28. The highest BCUT2D eigenvalue weighted by molar-refractivity contribution is 5.96. The lowest BCUT2D eigenvalue weighted by molar-refractivity contribution is -0.148. The van der Waals surface area contributed by atoms with E-state index in [0.29, 0.717) is 59.9 Å². The standard InChI is InChI=1S/C32H31F2N5O4/c33-21-13-22-23(16-35-29(22)24(34)14-21)30-36-25(17-1-7-20(8-2-17)31(40)39-9-11-43-12-10-39)15-26(38-30)37-28-19-5-3-18(4-6-19)27(28)32(41)42/h1-2,7-8,13-16,18-19,27-28,35H,3-6,9-12H2,(H,41,42)(H,36,37,38)/t18?,19?,27-,28-/m0/s1. The number of anilines is 1. The third kappa shape index (κ3) is 5.11. The molecule has 9 nitrogen and oxygen atoms in total. The van der Waals surface area contributed by atoms with Crippen LogP contribution in [-0.4, -0.2) is 69.2 Å². The SMILES string of the molecule is O=C(O)[C@H]1C2CCC(CC2)[C@@H]1Nc1cc(-c2ccc(C(=O)N3CCOCC3)cc2)nc(-c2c[nH]c3c(F)cc(F)cc23)n1. The van der Waals surface area contributed by atoms with Gasteiger partial charge in [-0.2, -0.15) is 0 Å². The minimum Gasteiger partial charge on any atom is -0.481 e. The van der Waals surface area contributed by atoms with Crippen LogP contribution in [0.4, 0.5) is 14.6 Å². The van der Waals surface area contributed by atoms with Gasteiger partial charge in [-0.25, -0.2) is 18.7 Å². The van der Waals surface area contributed by atoms with Gasteiger partial charge < -0.3 is 25.0 Å². The van der Waals surface area contributed by atoms with E-state index >= 15 is 0 Å². The molecule has 3 N–H and O–H groups in total. The summed E-state index contributed by atoms with van der Waals surface area (Å²) >= 11 is 0. The number of ether oxygens (including phenoxy) is 1. The first-order valence-corrected chi connectivity index (χ1v) is 14.7. The summed E-state index contributed by atoms with van der Waals surface area (Å²) in [7, 11) is 0. The number of hydrogen-bond acceptors (Lipinski definition) is 6. The normalized spacial score (nSPS) is 23.4. The second-order valence-corrected chi connectivity index (χ2v) is 11.7. The number of carboxylic acids is 1. The molecule has 11 heteroatoms. The Bertz CT molecular complexity index is 1690. The predicted octanol–water partition coefficient (Wildman–Crippen LogP) is 5.34. The van der Waals surface area contributed by atoms with E-state index in [9.17, 15) is 23.5 Å². The quantitative estimate of drug-likeness (QED) is 0.278. The fourth-order valence-corrected chi connectivity index (χ4v) is 7.05. The van der Waals surface area contributed by atoms with E-state index in [1.807, 2.05) is 0 Å². The first-order chi connectivity index (χ1) is 20.9. The van der Waals surface area contributed by atoms with Crippen molar-refractivity contribution in [2.75, 3.05) is 31.6 Å². The van der Waals surface area contributed by atoms with Gasteiger partial charge in [-0.1, -0.05) is 12.1 Å². The minimum atomic E-state index is -0.815. The number of halogens is 2. The number of morpholine rings is 1. The minimum absolute atomic E-state index is 0.0736. The number of aromatic amines is 1. The number of benzene rings is 2. The molecule has 0 unspecified atom stereocenters. The maximum Gasteiger partial charge on any atom is 0.308 e. The highest BCUT2D eigenvalue weighted by Gasteiger charge is 2.47. The van der Waals surface area contributed by atoms with E-state index in [1.54, 1.807) is 41.4 Å². The molecule has 1 aliphatic heterocycles. The number of carbonyl (C=O) groups excluding carboxylic acids is 1. The van der Waals surface area contributed by atoms with E-state index in [-0.39, 0.29) is 35.1 Å². The van der Waals surface area contributed by atoms with Crippen LogP contribution >= 0.6 is 0 Å². The summed E-state index contributed by atoms with van der Waals surface area (Å²) in [4.78, 5) is 39.4. The van der Waals surface area contributed by atoms with Crippen molar-refractivity contribution in [3.05, 3.63) is 65.9 Å². The van der Waals surface area contributed by atoms with Gasteiger partial charge in [-0.3, -0.25) is 9.59 Å². The Morgan fingerprint density at radius 3 is 2.42 bits per heavy atom. The lowest BCUT2D eigenvalue weighted by Gasteiger charge is -2.47. The number of amides is 1. The van der Waals surface area contributed by atoms with Gasteiger partial charge in [0.05, 0.1) is 30.3 Å². The molecule has 0 spiro atoms. The summed E-state index contributed by atoms with van der Waals surface area (Å²) in [6.07, 6.45) is 5.26. The average Bonchev–Trinajstić information content (AvgIpc) is 3.46. The Morgan fingerprint density at radius 1 is 0.977 bits per heavy atom. The van der Waals surface area contributed by atoms with Crippen molar-refractivity contribution in [2.45, 2.75) is 31.7 Å². The van der Waals surface area contributed by atoms with Gasteiger partial charge >= 0.3 is 5.97 Å². The van der Waals surface area contributed by atoms with Crippen molar-refractivity contribution in [3.8, 4) is 22.6 Å². The molecule has 2 bridgehead atoms. The van der Waals surface area contributed by atoms with Crippen LogP contribution in [0.15, 0.2) is 48.7 Å². The number of nitrogens with zero attached hydrogens (tertiary/aromatic N) is 3. The number of nitrogens with one attached hydrogen (secondary N) is 2. The van der Waals surface area contributed by atoms with Crippen LogP contribution in [0.1, 0.15) is 36.0 Å². The summed E-state index contributed by atoms with van der Waals surface area (Å²) in [5.74, 6) is -1.88. The average molecular weight is 588 g/mol. The molecule has 43 heavy (non-hydrogen) atoms. The van der Waals surface area contributed by atoms with Crippen molar-refractivity contribution in [1.82, 2.24) is 19.9 Å². The van der Waals surface area contributed by atoms with Crippen LogP contribution in [0.25, 0.3) is 33.5 Å². The Kier molecular flexibility index (Phi) is 7.04. The fourth-order valence-electron chi connectivity index (χ4n) is 7.05. The van der Waals surface area contributed by atoms with E-state index in [2.05, 4.69) is 10.3 Å². The molecule has 4 aromatic rings. The maximum atomic E-state index is 14.5. The predicted molar refractivity (Wildman–Crippen MR) is 155 cm³/mol. The topological polar surface area (TPSA) is 120 Å². The molecular formula is C32H31F2N5O4. The molecule has 2 atom stereocenters. The molecule has 4 aliphatic rings. The zero-order chi connectivity index (χ0) is 29.7. The van der Waals surface area contributed by atoms with Crippen molar-refractivity contribution in [3.63, 3.8) is 0 Å². The summed E-state index contributed by atoms with van der Waals surface area (Å²) in [5.41, 5.74) is 2.33. The highest BCUT2D eigenvalue weighted by Crippen LogP contribution is 2.46. The smallest absolute Gasteiger partial charge is 0.308 e. The molecule has 1 saturated heterocycles. The molecule has 1 amide bonds. The number of aromatic nitrogens is 3. The van der Waals surface area contributed by atoms with Crippen LogP contribution in [-0.2, 0) is 9.53 Å². The number of hydrogen-bond donors (Lipinski definition) is 3. The molecule has 3 saturated carbocycles. The number of H-pyrrole nitrogens is 1. The summed E-state index contributed by atoms with van der Waals surface area (Å²) in [6, 6.07) is 10.6. The monoisotopic (exact) mass is 587 g/mol. The lowest BCUT2D eigenvalue weighted by atomic mass is 9.61. The molecular weight excluding hydrogens is 556 g/mol. The molecule has 8 rings (SSSR count). The van der Waals surface area contributed by atoms with E-state index in [1.165, 1.54) is 6.07 Å². The van der Waals surface area contributed by atoms with Crippen LogP contribution < -0.4 is 5.32 Å². The lowest BCUT2D eigenvalue weighted by Crippen LogP contribution is -2.51. The third-order valence-electron chi connectivity index (χ3n) is 9.22. The zero-order valence-corrected chi connectivity index (χ0v) is 23.4. The van der Waals surface area contributed by atoms with E-state index < -0.39 is 23.5 Å². The highest BCUT2D eigenvalue weighted by atomic mass is 19.1. The number of aliphatic carboxylic acids is 1. The second kappa shape index (κ2) is 11.0. The fraction of sp³-hybridized carbons (Fsp3) is 0.375. The Labute approximate surface area is 246 Å². The largest absolute Gasteiger partial charge is 0.481 e. The van der Waals surface area contributed by atoms with Crippen molar-refractivity contribution < 1.29 is 28.2 Å². The molecule has 4 fully saturated rings. The molecule has 2 aromatic heterocycles. The molecule has 0 radical (unpaired) electrons. The summed E-state index contributed by atoms with van der Waals surface area (Å²) in [6.45, 7) is 2.10. The molecule has 3 heterocycles. The number of carbonyl (C=O) groups is 2.